The first-order chi connectivity index (χ1) is 9.71. The van der Waals surface area contributed by atoms with Crippen molar-refractivity contribution in [2.45, 2.75) is 51.6 Å². The molecule has 1 fully saturated rings. The molecule has 110 valence electrons. The van der Waals surface area contributed by atoms with Crippen molar-refractivity contribution in [3.05, 3.63) is 29.8 Å². The molecule has 1 aliphatic rings. The largest absolute Gasteiger partial charge is 0.335 e. The number of rotatable bonds is 4. The van der Waals surface area contributed by atoms with E-state index < -0.39 is 0 Å². The molecule has 20 heavy (non-hydrogen) atoms. The zero-order valence-electron chi connectivity index (χ0n) is 12.2. The van der Waals surface area contributed by atoms with Crippen LogP contribution in [0.2, 0.25) is 0 Å². The van der Waals surface area contributed by atoms with Crippen molar-refractivity contribution < 1.29 is 4.79 Å². The first-order valence-corrected chi connectivity index (χ1v) is 7.57. The third kappa shape index (κ3) is 4.23. The van der Waals surface area contributed by atoms with Crippen molar-refractivity contribution in [2.24, 2.45) is 11.7 Å². The van der Waals surface area contributed by atoms with E-state index in [1.54, 1.807) is 0 Å². The Morgan fingerprint density at radius 2 is 2.05 bits per heavy atom. The number of urea groups is 1. The molecule has 1 aliphatic carbocycles. The maximum atomic E-state index is 12.0. The lowest BCUT2D eigenvalue weighted by molar-refractivity contribution is 0.235. The van der Waals surface area contributed by atoms with Gasteiger partial charge < -0.3 is 16.4 Å². The molecule has 0 aliphatic heterocycles. The highest BCUT2D eigenvalue weighted by Gasteiger charge is 2.21. The molecule has 2 unspecified atom stereocenters. The summed E-state index contributed by atoms with van der Waals surface area (Å²) in [6, 6.07) is 7.85. The normalized spacial score (nSPS) is 22.3. The van der Waals surface area contributed by atoms with Crippen LogP contribution >= 0.6 is 0 Å². The topological polar surface area (TPSA) is 67.2 Å². The lowest BCUT2D eigenvalue weighted by Crippen LogP contribution is -2.40. The second-order valence-corrected chi connectivity index (χ2v) is 5.64. The molecular weight excluding hydrogens is 250 g/mol. The van der Waals surface area contributed by atoms with Crippen LogP contribution in [0.1, 0.15) is 44.6 Å². The lowest BCUT2D eigenvalue weighted by atomic mass is 9.84. The van der Waals surface area contributed by atoms with Crippen molar-refractivity contribution >= 4 is 11.7 Å². The SMILES string of the molecule is CCC1CCCC(NC(=O)Nc2ccc(CN)cc2)C1. The number of anilines is 1. The molecule has 0 aromatic heterocycles. The summed E-state index contributed by atoms with van der Waals surface area (Å²) in [7, 11) is 0. The summed E-state index contributed by atoms with van der Waals surface area (Å²) in [5.74, 6) is 0.762. The van der Waals surface area contributed by atoms with E-state index in [2.05, 4.69) is 17.6 Å². The van der Waals surface area contributed by atoms with Crippen LogP contribution < -0.4 is 16.4 Å². The van der Waals surface area contributed by atoms with Crippen LogP contribution in [-0.2, 0) is 6.54 Å². The number of amides is 2. The smallest absolute Gasteiger partial charge is 0.319 e. The Bertz CT molecular complexity index is 430. The van der Waals surface area contributed by atoms with Gasteiger partial charge in [0.15, 0.2) is 0 Å². The number of nitrogens with two attached hydrogens (primary N) is 1. The number of carbonyl (C=O) groups excluding carboxylic acids is 1. The third-order valence-corrected chi connectivity index (χ3v) is 4.14. The van der Waals surface area contributed by atoms with Gasteiger partial charge in [0.1, 0.15) is 0 Å². The molecule has 1 aromatic carbocycles. The van der Waals surface area contributed by atoms with Gasteiger partial charge in [-0.15, -0.1) is 0 Å². The standard InChI is InChI=1S/C16H25N3O/c1-2-12-4-3-5-15(10-12)19-16(20)18-14-8-6-13(11-17)7-9-14/h6-9,12,15H,2-5,10-11,17H2,1H3,(H2,18,19,20). The van der Waals surface area contributed by atoms with E-state index in [0.717, 1.165) is 30.0 Å². The van der Waals surface area contributed by atoms with E-state index in [-0.39, 0.29) is 6.03 Å². The lowest BCUT2D eigenvalue weighted by Gasteiger charge is -2.29. The Morgan fingerprint density at radius 1 is 1.30 bits per heavy atom. The second-order valence-electron chi connectivity index (χ2n) is 5.64. The number of nitrogens with one attached hydrogen (secondary N) is 2. The number of hydrogen-bond acceptors (Lipinski definition) is 2. The second kappa shape index (κ2) is 7.29. The van der Waals surface area contributed by atoms with Crippen molar-refractivity contribution in [1.29, 1.82) is 0 Å². The van der Waals surface area contributed by atoms with E-state index in [1.807, 2.05) is 24.3 Å². The minimum Gasteiger partial charge on any atom is -0.335 e. The fourth-order valence-electron chi connectivity index (χ4n) is 2.87. The molecule has 2 amide bonds. The first-order valence-electron chi connectivity index (χ1n) is 7.57. The molecule has 0 bridgehead atoms. The minimum atomic E-state index is -0.104. The predicted octanol–water partition coefficient (Wildman–Crippen LogP) is 3.24. The maximum absolute atomic E-state index is 12.0. The molecule has 1 aromatic rings. The molecule has 2 atom stereocenters. The molecule has 0 spiro atoms. The average Bonchev–Trinajstić information content (AvgIpc) is 2.48. The van der Waals surface area contributed by atoms with Crippen LogP contribution in [0.3, 0.4) is 0 Å². The molecule has 2 rings (SSSR count). The summed E-state index contributed by atoms with van der Waals surface area (Å²) >= 11 is 0. The number of hydrogen-bond donors (Lipinski definition) is 3. The molecule has 4 heteroatoms. The van der Waals surface area contributed by atoms with Gasteiger partial charge >= 0.3 is 6.03 Å². The zero-order chi connectivity index (χ0) is 14.4. The summed E-state index contributed by atoms with van der Waals surface area (Å²) < 4.78 is 0. The van der Waals surface area contributed by atoms with Crippen LogP contribution in [0.25, 0.3) is 0 Å². The van der Waals surface area contributed by atoms with Crippen LogP contribution in [0.15, 0.2) is 24.3 Å². The highest BCUT2D eigenvalue weighted by Crippen LogP contribution is 2.26. The van der Waals surface area contributed by atoms with Gasteiger partial charge in [-0.05, 0) is 36.5 Å². The summed E-state index contributed by atoms with van der Waals surface area (Å²) in [5.41, 5.74) is 7.42. The summed E-state index contributed by atoms with van der Waals surface area (Å²) in [6.45, 7) is 2.75. The van der Waals surface area contributed by atoms with Crippen LogP contribution in [-0.4, -0.2) is 12.1 Å². The highest BCUT2D eigenvalue weighted by atomic mass is 16.2. The van der Waals surface area contributed by atoms with Gasteiger partial charge in [0, 0.05) is 18.3 Å². The molecule has 0 heterocycles. The fraction of sp³-hybridized carbons (Fsp3) is 0.562. The summed E-state index contributed by atoms with van der Waals surface area (Å²) in [5, 5.41) is 5.97. The Morgan fingerprint density at radius 3 is 2.70 bits per heavy atom. The van der Waals surface area contributed by atoms with Crippen molar-refractivity contribution in [3.8, 4) is 0 Å². The summed E-state index contributed by atoms with van der Waals surface area (Å²) in [4.78, 5) is 12.0. The molecule has 0 saturated heterocycles. The van der Waals surface area contributed by atoms with Crippen molar-refractivity contribution in [1.82, 2.24) is 5.32 Å². The predicted molar refractivity (Wildman–Crippen MR) is 82.5 cm³/mol. The Labute approximate surface area is 121 Å². The van der Waals surface area contributed by atoms with Crippen molar-refractivity contribution in [2.75, 3.05) is 5.32 Å². The third-order valence-electron chi connectivity index (χ3n) is 4.14. The van der Waals surface area contributed by atoms with Crippen molar-refractivity contribution in [3.63, 3.8) is 0 Å². The average molecular weight is 275 g/mol. The Balaban J connectivity index is 1.82. The Kier molecular flexibility index (Phi) is 5.41. The van der Waals surface area contributed by atoms with Gasteiger partial charge in [-0.2, -0.15) is 0 Å². The van der Waals surface area contributed by atoms with Gasteiger partial charge in [0.25, 0.3) is 0 Å². The fourth-order valence-corrected chi connectivity index (χ4v) is 2.87. The number of carbonyl (C=O) groups is 1. The number of benzene rings is 1. The molecule has 4 N–H and O–H groups in total. The van der Waals surface area contributed by atoms with Gasteiger partial charge in [0.2, 0.25) is 0 Å². The van der Waals surface area contributed by atoms with Gasteiger partial charge in [-0.1, -0.05) is 38.3 Å². The van der Waals surface area contributed by atoms with Gasteiger partial charge in [-0.25, -0.2) is 4.79 Å². The molecule has 0 radical (unpaired) electrons. The highest BCUT2D eigenvalue weighted by molar-refractivity contribution is 5.89. The first kappa shape index (κ1) is 14.9. The van der Waals surface area contributed by atoms with E-state index >= 15 is 0 Å². The minimum absolute atomic E-state index is 0.104. The molecule has 4 nitrogen and oxygen atoms in total. The monoisotopic (exact) mass is 275 g/mol. The molecular formula is C16H25N3O. The van der Waals surface area contributed by atoms with Gasteiger partial charge in [0.05, 0.1) is 0 Å². The van der Waals surface area contributed by atoms with Crippen LogP contribution in [0, 0.1) is 5.92 Å². The van der Waals surface area contributed by atoms with E-state index in [9.17, 15) is 4.79 Å². The van der Waals surface area contributed by atoms with E-state index in [4.69, 9.17) is 5.73 Å². The van der Waals surface area contributed by atoms with Crippen LogP contribution in [0.4, 0.5) is 10.5 Å². The Hall–Kier alpha value is -1.55. The summed E-state index contributed by atoms with van der Waals surface area (Å²) in [6.07, 6.45) is 5.93. The van der Waals surface area contributed by atoms with E-state index in [1.165, 1.54) is 19.3 Å². The quantitative estimate of drug-likeness (QED) is 0.789. The van der Waals surface area contributed by atoms with Gasteiger partial charge in [-0.3, -0.25) is 0 Å². The van der Waals surface area contributed by atoms with Crippen LogP contribution in [0.5, 0.6) is 0 Å². The van der Waals surface area contributed by atoms with E-state index in [0.29, 0.717) is 12.6 Å². The maximum Gasteiger partial charge on any atom is 0.319 e. The molecule has 1 saturated carbocycles. The zero-order valence-corrected chi connectivity index (χ0v) is 12.2.